The molecule has 0 aliphatic carbocycles. The van der Waals surface area contributed by atoms with Crippen molar-refractivity contribution in [2.45, 2.75) is 40.2 Å². The molecular formula is C15H26N2O3S. The van der Waals surface area contributed by atoms with Crippen LogP contribution in [0.4, 0.5) is 10.7 Å². The molecule has 0 spiro atoms. The Morgan fingerprint density at radius 1 is 1.38 bits per heavy atom. The zero-order chi connectivity index (χ0) is 16.0. The third-order valence-corrected chi connectivity index (χ3v) is 4.33. The van der Waals surface area contributed by atoms with Gasteiger partial charge < -0.3 is 20.1 Å². The van der Waals surface area contributed by atoms with E-state index in [9.17, 15) is 4.79 Å². The molecule has 2 N–H and O–H groups in total. The standard InChI is InChI=1S/C15H26N2O3S/c1-6-11(18)14-12(16)13(20-10(3)4)15(21-14)17(7-2)8-9-19-5/h10H,6-9,16H2,1-5H3. The third kappa shape index (κ3) is 4.35. The number of ether oxygens (including phenoxy) is 2. The van der Waals surface area contributed by atoms with Gasteiger partial charge in [0.2, 0.25) is 0 Å². The largest absolute Gasteiger partial charge is 0.486 e. The van der Waals surface area contributed by atoms with Crippen molar-refractivity contribution in [3.8, 4) is 5.75 Å². The van der Waals surface area contributed by atoms with E-state index in [2.05, 4.69) is 11.8 Å². The number of hydrogen-bond donors (Lipinski definition) is 1. The zero-order valence-electron chi connectivity index (χ0n) is 13.6. The van der Waals surface area contributed by atoms with Crippen LogP contribution < -0.4 is 15.4 Å². The average Bonchev–Trinajstić information content (AvgIpc) is 2.76. The minimum atomic E-state index is 0.00589. The van der Waals surface area contributed by atoms with Crippen LogP contribution in [0.2, 0.25) is 0 Å². The van der Waals surface area contributed by atoms with E-state index in [1.165, 1.54) is 11.3 Å². The predicted octanol–water partition coefficient (Wildman–Crippen LogP) is 3.18. The van der Waals surface area contributed by atoms with Gasteiger partial charge >= 0.3 is 0 Å². The van der Waals surface area contributed by atoms with E-state index >= 15 is 0 Å². The van der Waals surface area contributed by atoms with Gasteiger partial charge in [-0.3, -0.25) is 4.79 Å². The molecule has 6 heteroatoms. The Morgan fingerprint density at radius 3 is 2.52 bits per heavy atom. The summed E-state index contributed by atoms with van der Waals surface area (Å²) in [6.45, 7) is 9.96. The number of nitrogens with two attached hydrogens (primary N) is 1. The fourth-order valence-electron chi connectivity index (χ4n) is 1.95. The lowest BCUT2D eigenvalue weighted by Gasteiger charge is -2.23. The molecule has 0 amide bonds. The number of methoxy groups -OCH3 is 1. The van der Waals surface area contributed by atoms with Crippen molar-refractivity contribution in [2.75, 3.05) is 37.4 Å². The summed E-state index contributed by atoms with van der Waals surface area (Å²) in [5.74, 6) is 0.685. The molecule has 0 aromatic carbocycles. The van der Waals surface area contributed by atoms with E-state index in [1.54, 1.807) is 7.11 Å². The first kappa shape index (κ1) is 17.8. The van der Waals surface area contributed by atoms with Gasteiger partial charge in [0, 0.05) is 26.6 Å². The number of hydrogen-bond acceptors (Lipinski definition) is 6. The lowest BCUT2D eigenvalue weighted by atomic mass is 10.2. The Morgan fingerprint density at radius 2 is 2.05 bits per heavy atom. The van der Waals surface area contributed by atoms with Crippen LogP contribution in [0.5, 0.6) is 5.75 Å². The van der Waals surface area contributed by atoms with Crippen molar-refractivity contribution in [3.05, 3.63) is 4.88 Å². The van der Waals surface area contributed by atoms with Crippen LogP contribution in [0.15, 0.2) is 0 Å². The highest BCUT2D eigenvalue weighted by molar-refractivity contribution is 7.19. The molecule has 1 rings (SSSR count). The lowest BCUT2D eigenvalue weighted by Crippen LogP contribution is -2.26. The SMILES string of the molecule is CCC(=O)c1sc(N(CC)CCOC)c(OC(C)C)c1N. The summed E-state index contributed by atoms with van der Waals surface area (Å²) in [5.41, 5.74) is 6.62. The van der Waals surface area contributed by atoms with E-state index in [-0.39, 0.29) is 11.9 Å². The summed E-state index contributed by atoms with van der Waals surface area (Å²) in [4.78, 5) is 14.8. The molecule has 0 saturated carbocycles. The van der Waals surface area contributed by atoms with Crippen LogP contribution in [-0.2, 0) is 4.74 Å². The molecule has 0 unspecified atom stereocenters. The van der Waals surface area contributed by atoms with Gasteiger partial charge in [-0.05, 0) is 20.8 Å². The van der Waals surface area contributed by atoms with Crippen molar-refractivity contribution in [1.82, 2.24) is 0 Å². The number of thiophene rings is 1. The number of likely N-dealkylation sites (N-methyl/N-ethyl adjacent to an activating group) is 1. The zero-order valence-corrected chi connectivity index (χ0v) is 14.4. The number of Topliss-reactive ketones (excluding diaryl/α,β-unsaturated/α-hetero) is 1. The predicted molar refractivity (Wildman–Crippen MR) is 88.9 cm³/mol. The summed E-state index contributed by atoms with van der Waals surface area (Å²) in [6.07, 6.45) is 0.446. The summed E-state index contributed by atoms with van der Waals surface area (Å²) in [5, 5.41) is 0.914. The second kappa shape index (κ2) is 8.24. The van der Waals surface area contributed by atoms with Crippen LogP contribution in [0.1, 0.15) is 43.8 Å². The number of rotatable bonds is 9. The van der Waals surface area contributed by atoms with Crippen molar-refractivity contribution in [2.24, 2.45) is 0 Å². The number of nitrogen functional groups attached to an aromatic ring is 1. The number of carbonyl (C=O) groups excluding carboxylic acids is 1. The molecule has 0 aliphatic rings. The molecule has 0 bridgehead atoms. The quantitative estimate of drug-likeness (QED) is 0.709. The monoisotopic (exact) mass is 314 g/mol. The molecule has 0 radical (unpaired) electrons. The molecule has 1 aromatic heterocycles. The van der Waals surface area contributed by atoms with Gasteiger partial charge in [0.15, 0.2) is 11.5 Å². The van der Waals surface area contributed by atoms with Gasteiger partial charge in [0.05, 0.1) is 23.3 Å². The second-order valence-electron chi connectivity index (χ2n) is 4.99. The highest BCUT2D eigenvalue weighted by Crippen LogP contribution is 2.45. The molecular weight excluding hydrogens is 288 g/mol. The first-order valence-electron chi connectivity index (χ1n) is 7.32. The maximum Gasteiger partial charge on any atom is 0.177 e. The van der Waals surface area contributed by atoms with Crippen molar-refractivity contribution >= 4 is 27.8 Å². The smallest absolute Gasteiger partial charge is 0.177 e. The van der Waals surface area contributed by atoms with E-state index in [4.69, 9.17) is 15.2 Å². The Hall–Kier alpha value is -1.27. The lowest BCUT2D eigenvalue weighted by molar-refractivity contribution is 0.0992. The number of anilines is 2. The van der Waals surface area contributed by atoms with Gasteiger partial charge in [-0.15, -0.1) is 11.3 Å². The molecule has 0 atom stereocenters. The summed E-state index contributed by atoms with van der Waals surface area (Å²) < 4.78 is 11.0. The van der Waals surface area contributed by atoms with E-state index in [0.29, 0.717) is 29.3 Å². The van der Waals surface area contributed by atoms with Gasteiger partial charge in [-0.2, -0.15) is 0 Å². The first-order chi connectivity index (χ1) is 9.96. The fourth-order valence-corrected chi connectivity index (χ4v) is 3.20. The average molecular weight is 314 g/mol. The number of nitrogens with zero attached hydrogens (tertiary/aromatic N) is 1. The molecule has 0 saturated heterocycles. The van der Waals surface area contributed by atoms with Gasteiger partial charge in [-0.1, -0.05) is 6.92 Å². The fraction of sp³-hybridized carbons (Fsp3) is 0.667. The molecule has 5 nitrogen and oxygen atoms in total. The Labute approximate surface area is 131 Å². The van der Waals surface area contributed by atoms with Crippen molar-refractivity contribution in [1.29, 1.82) is 0 Å². The van der Waals surface area contributed by atoms with Gasteiger partial charge in [0.1, 0.15) is 5.00 Å². The van der Waals surface area contributed by atoms with Crippen LogP contribution in [0.3, 0.4) is 0 Å². The van der Waals surface area contributed by atoms with Crippen LogP contribution in [0, 0.1) is 0 Å². The summed E-state index contributed by atoms with van der Waals surface area (Å²) >= 11 is 1.41. The Balaban J connectivity index is 3.23. The highest BCUT2D eigenvalue weighted by atomic mass is 32.1. The normalized spacial score (nSPS) is 11.0. The molecule has 21 heavy (non-hydrogen) atoms. The highest BCUT2D eigenvalue weighted by Gasteiger charge is 2.25. The van der Waals surface area contributed by atoms with E-state index in [0.717, 1.165) is 18.1 Å². The topological polar surface area (TPSA) is 64.8 Å². The maximum atomic E-state index is 12.0. The summed E-state index contributed by atoms with van der Waals surface area (Å²) in [6, 6.07) is 0. The minimum Gasteiger partial charge on any atom is -0.486 e. The second-order valence-corrected chi connectivity index (χ2v) is 5.99. The maximum absolute atomic E-state index is 12.0. The van der Waals surface area contributed by atoms with Crippen molar-refractivity contribution in [3.63, 3.8) is 0 Å². The van der Waals surface area contributed by atoms with Gasteiger partial charge in [0.25, 0.3) is 0 Å². The molecule has 120 valence electrons. The van der Waals surface area contributed by atoms with Crippen LogP contribution in [0.25, 0.3) is 0 Å². The van der Waals surface area contributed by atoms with E-state index in [1.807, 2.05) is 20.8 Å². The first-order valence-corrected chi connectivity index (χ1v) is 8.13. The molecule has 0 fully saturated rings. The minimum absolute atomic E-state index is 0.00589. The van der Waals surface area contributed by atoms with Gasteiger partial charge in [-0.25, -0.2) is 0 Å². The summed E-state index contributed by atoms with van der Waals surface area (Å²) in [7, 11) is 1.67. The number of ketones is 1. The van der Waals surface area contributed by atoms with Crippen LogP contribution in [-0.4, -0.2) is 38.7 Å². The molecule has 1 heterocycles. The van der Waals surface area contributed by atoms with E-state index < -0.39 is 0 Å². The Kier molecular flexibility index (Phi) is 6.98. The number of carbonyl (C=O) groups is 1. The van der Waals surface area contributed by atoms with Crippen LogP contribution >= 0.6 is 11.3 Å². The van der Waals surface area contributed by atoms with Crippen molar-refractivity contribution < 1.29 is 14.3 Å². The molecule has 0 aliphatic heterocycles. The molecule has 1 aromatic rings. The Bertz CT molecular complexity index is 472. The third-order valence-electron chi connectivity index (χ3n) is 3.04.